The van der Waals surface area contributed by atoms with Crippen molar-refractivity contribution in [1.29, 1.82) is 0 Å². The summed E-state index contributed by atoms with van der Waals surface area (Å²) in [4.78, 5) is 30.4. The predicted octanol–water partition coefficient (Wildman–Crippen LogP) is 0.329. The Kier molecular flexibility index (Phi) is 4.42. The monoisotopic (exact) mass is 306 g/mol. The number of carbonyl (C=O) groups is 2. The van der Waals surface area contributed by atoms with Crippen molar-refractivity contribution in [3.8, 4) is 0 Å². The lowest BCUT2D eigenvalue weighted by Crippen LogP contribution is -2.47. The number of hydrogen-bond donors (Lipinski definition) is 1. The zero-order valence-electron chi connectivity index (χ0n) is 12.8. The van der Waals surface area contributed by atoms with Crippen molar-refractivity contribution in [2.45, 2.75) is 32.4 Å². The zero-order chi connectivity index (χ0) is 15.5. The number of rotatable bonds is 6. The zero-order valence-corrected chi connectivity index (χ0v) is 12.8. The molecule has 1 fully saturated rings. The molecule has 1 aromatic heterocycles. The Morgan fingerprint density at radius 3 is 3.00 bits per heavy atom. The quantitative estimate of drug-likeness (QED) is 0.821. The molecule has 1 aliphatic carbocycles. The Hall–Kier alpha value is -1.89. The molecule has 120 valence electrons. The number of imidazole rings is 1. The molecule has 0 radical (unpaired) electrons. The molecular weight excluding hydrogens is 284 g/mol. The number of fused-ring (bicyclic) bond motifs is 1. The van der Waals surface area contributed by atoms with Crippen molar-refractivity contribution >= 4 is 11.8 Å². The Bertz CT molecular complexity index is 553. The van der Waals surface area contributed by atoms with Gasteiger partial charge in [0.15, 0.2) is 0 Å². The van der Waals surface area contributed by atoms with E-state index in [-0.39, 0.29) is 18.4 Å². The fourth-order valence-corrected chi connectivity index (χ4v) is 2.66. The fraction of sp³-hybridized carbons (Fsp3) is 0.667. The first-order chi connectivity index (χ1) is 10.7. The molecule has 2 aliphatic rings. The molecule has 0 saturated heterocycles. The van der Waals surface area contributed by atoms with Gasteiger partial charge in [-0.25, -0.2) is 4.98 Å². The average molecular weight is 306 g/mol. The van der Waals surface area contributed by atoms with Crippen molar-refractivity contribution in [3.05, 3.63) is 18.2 Å². The van der Waals surface area contributed by atoms with Crippen LogP contribution in [0.5, 0.6) is 0 Å². The summed E-state index contributed by atoms with van der Waals surface area (Å²) in [5.41, 5.74) is 0.877. The maximum Gasteiger partial charge on any atom is 0.249 e. The molecule has 2 heterocycles. The molecule has 1 atom stereocenters. The van der Waals surface area contributed by atoms with E-state index >= 15 is 0 Å². The van der Waals surface area contributed by atoms with Crippen molar-refractivity contribution in [1.82, 2.24) is 19.8 Å². The van der Waals surface area contributed by atoms with Crippen LogP contribution in [-0.4, -0.2) is 52.6 Å². The van der Waals surface area contributed by atoms with E-state index in [1.807, 2.05) is 11.5 Å². The minimum Gasteiger partial charge on any atom is -0.372 e. The highest BCUT2D eigenvalue weighted by Gasteiger charge is 2.33. The molecule has 1 aliphatic heterocycles. The summed E-state index contributed by atoms with van der Waals surface area (Å²) >= 11 is 0. The second kappa shape index (κ2) is 6.48. The number of aromatic nitrogens is 2. The Morgan fingerprint density at radius 2 is 2.27 bits per heavy atom. The first-order valence-corrected chi connectivity index (χ1v) is 7.83. The summed E-state index contributed by atoms with van der Waals surface area (Å²) in [5.74, 6) is 0.500. The second-order valence-electron chi connectivity index (χ2n) is 5.91. The first kappa shape index (κ1) is 15.0. The highest BCUT2D eigenvalue weighted by atomic mass is 16.5. The van der Waals surface area contributed by atoms with Gasteiger partial charge in [-0.15, -0.1) is 0 Å². The summed E-state index contributed by atoms with van der Waals surface area (Å²) in [5, 5.41) is 2.99. The molecule has 2 amide bonds. The van der Waals surface area contributed by atoms with E-state index in [9.17, 15) is 9.59 Å². The highest BCUT2D eigenvalue weighted by Crippen LogP contribution is 2.28. The fourth-order valence-electron chi connectivity index (χ4n) is 2.66. The smallest absolute Gasteiger partial charge is 0.249 e. The third-order valence-electron chi connectivity index (χ3n) is 4.18. The van der Waals surface area contributed by atoms with Gasteiger partial charge in [0.1, 0.15) is 12.6 Å². The maximum absolute atomic E-state index is 12.4. The van der Waals surface area contributed by atoms with Gasteiger partial charge in [0.2, 0.25) is 11.8 Å². The van der Waals surface area contributed by atoms with Gasteiger partial charge in [-0.05, 0) is 25.7 Å². The van der Waals surface area contributed by atoms with E-state index in [1.165, 1.54) is 12.8 Å². The molecule has 22 heavy (non-hydrogen) atoms. The third-order valence-corrected chi connectivity index (χ3v) is 4.18. The van der Waals surface area contributed by atoms with E-state index in [2.05, 4.69) is 10.3 Å². The van der Waals surface area contributed by atoms with Crippen LogP contribution in [0.15, 0.2) is 12.5 Å². The number of carbonyl (C=O) groups excluding carboxylic acids is 2. The summed E-state index contributed by atoms with van der Waals surface area (Å²) in [6, 6.07) is -0.407. The van der Waals surface area contributed by atoms with E-state index in [0.29, 0.717) is 25.6 Å². The molecule has 7 heteroatoms. The van der Waals surface area contributed by atoms with Gasteiger partial charge in [0, 0.05) is 19.3 Å². The van der Waals surface area contributed by atoms with Gasteiger partial charge in [-0.2, -0.15) is 0 Å². The van der Waals surface area contributed by atoms with Crippen LogP contribution in [0, 0.1) is 5.92 Å². The molecule has 1 saturated carbocycles. The minimum atomic E-state index is -0.407. The van der Waals surface area contributed by atoms with Crippen LogP contribution in [0.2, 0.25) is 0 Å². The number of hydrogen-bond acceptors (Lipinski definition) is 4. The second-order valence-corrected chi connectivity index (χ2v) is 5.91. The van der Waals surface area contributed by atoms with Crippen LogP contribution in [0.3, 0.4) is 0 Å². The lowest BCUT2D eigenvalue weighted by Gasteiger charge is -2.33. The Labute approximate surface area is 129 Å². The van der Waals surface area contributed by atoms with Crippen LogP contribution in [0.1, 0.15) is 31.5 Å². The summed E-state index contributed by atoms with van der Waals surface area (Å²) in [7, 11) is 0. The average Bonchev–Trinajstić information content (AvgIpc) is 3.24. The van der Waals surface area contributed by atoms with Gasteiger partial charge in [-0.3, -0.25) is 9.59 Å². The topological polar surface area (TPSA) is 76.5 Å². The number of nitrogens with zero attached hydrogens (tertiary/aromatic N) is 3. The molecule has 1 aromatic rings. The van der Waals surface area contributed by atoms with E-state index < -0.39 is 6.04 Å². The highest BCUT2D eigenvalue weighted by molar-refractivity contribution is 5.83. The van der Waals surface area contributed by atoms with Crippen molar-refractivity contribution in [3.63, 3.8) is 0 Å². The van der Waals surface area contributed by atoms with Gasteiger partial charge in [0.25, 0.3) is 0 Å². The molecule has 3 rings (SSSR count). The molecule has 0 aromatic carbocycles. The van der Waals surface area contributed by atoms with Crippen LogP contribution < -0.4 is 5.32 Å². The van der Waals surface area contributed by atoms with Gasteiger partial charge in [0.05, 0.1) is 25.1 Å². The van der Waals surface area contributed by atoms with E-state index in [1.54, 1.807) is 17.4 Å². The largest absolute Gasteiger partial charge is 0.372 e. The van der Waals surface area contributed by atoms with Crippen LogP contribution >= 0.6 is 0 Å². The minimum absolute atomic E-state index is 0.0416. The summed E-state index contributed by atoms with van der Waals surface area (Å²) < 4.78 is 7.05. The van der Waals surface area contributed by atoms with E-state index in [4.69, 9.17) is 4.74 Å². The molecule has 1 unspecified atom stereocenters. The molecule has 0 spiro atoms. The van der Waals surface area contributed by atoms with Gasteiger partial charge in [-0.1, -0.05) is 0 Å². The van der Waals surface area contributed by atoms with Gasteiger partial charge >= 0.3 is 0 Å². The SMILES string of the molecule is CCOCC(=O)N1Cc2cncn2C(C(=O)NCC2CC2)C1. The number of amides is 2. The number of ether oxygens (including phenoxy) is 1. The van der Waals surface area contributed by atoms with Crippen molar-refractivity contribution < 1.29 is 14.3 Å². The van der Waals surface area contributed by atoms with Crippen LogP contribution in [0.25, 0.3) is 0 Å². The normalized spacial score (nSPS) is 20.6. The molecular formula is C15H22N4O3. The first-order valence-electron chi connectivity index (χ1n) is 7.83. The lowest BCUT2D eigenvalue weighted by molar-refractivity contribution is -0.139. The van der Waals surface area contributed by atoms with Gasteiger partial charge < -0.3 is 19.5 Å². The Morgan fingerprint density at radius 1 is 1.45 bits per heavy atom. The molecule has 7 nitrogen and oxygen atoms in total. The lowest BCUT2D eigenvalue weighted by atomic mass is 10.1. The third kappa shape index (κ3) is 3.30. The molecule has 1 N–H and O–H groups in total. The number of nitrogens with one attached hydrogen (secondary N) is 1. The predicted molar refractivity (Wildman–Crippen MR) is 78.9 cm³/mol. The maximum atomic E-state index is 12.4. The van der Waals surface area contributed by atoms with E-state index in [0.717, 1.165) is 12.2 Å². The molecule has 0 bridgehead atoms. The van der Waals surface area contributed by atoms with Crippen molar-refractivity contribution in [2.75, 3.05) is 26.3 Å². The summed E-state index contributed by atoms with van der Waals surface area (Å²) in [6.45, 7) is 3.98. The standard InChI is InChI=1S/C15H22N4O3/c1-2-22-9-14(20)18-7-12-6-16-10-19(12)13(8-18)15(21)17-5-11-3-4-11/h6,10-11,13H,2-5,7-9H2,1H3,(H,17,21). The van der Waals surface area contributed by atoms with Crippen LogP contribution in [-0.2, 0) is 20.9 Å². The van der Waals surface area contributed by atoms with Crippen LogP contribution in [0.4, 0.5) is 0 Å². The summed E-state index contributed by atoms with van der Waals surface area (Å²) in [6.07, 6.45) is 5.77. The van der Waals surface area contributed by atoms with Crippen molar-refractivity contribution in [2.24, 2.45) is 5.92 Å². The Balaban J connectivity index is 1.68.